The van der Waals surface area contributed by atoms with Gasteiger partial charge in [-0.15, -0.1) is 0 Å². The molecule has 5 heteroatoms. The van der Waals surface area contributed by atoms with Crippen LogP contribution in [0.3, 0.4) is 0 Å². The Bertz CT molecular complexity index is 516. The van der Waals surface area contributed by atoms with Crippen LogP contribution in [0.1, 0.15) is 30.7 Å². The molecule has 0 saturated heterocycles. The Balaban J connectivity index is 1.95. The number of hydrogen-bond donors (Lipinski definition) is 1. The number of carbonyl (C=O) groups excluding carboxylic acids is 2. The first-order valence-electron chi connectivity index (χ1n) is 7.28. The maximum absolute atomic E-state index is 12.6. The number of carbonyl (C=O) groups is 2. The molecule has 2 rings (SSSR count). The lowest BCUT2D eigenvalue weighted by Gasteiger charge is -2.29. The molecular formula is C16H22N2O3. The normalized spacial score (nSPS) is 16.6. The quantitative estimate of drug-likeness (QED) is 0.843. The molecule has 0 saturated carbocycles. The monoisotopic (exact) mass is 290 g/mol. The number of nitrogens with zero attached hydrogens (tertiary/aromatic N) is 1. The van der Waals surface area contributed by atoms with Crippen molar-refractivity contribution in [2.24, 2.45) is 0 Å². The average molecular weight is 290 g/mol. The van der Waals surface area contributed by atoms with E-state index in [1.54, 1.807) is 11.9 Å². The number of esters is 1. The van der Waals surface area contributed by atoms with E-state index in [0.717, 1.165) is 24.2 Å². The number of ether oxygens (including phenoxy) is 1. The minimum atomic E-state index is -0.233. The van der Waals surface area contributed by atoms with E-state index in [4.69, 9.17) is 0 Å². The van der Waals surface area contributed by atoms with Crippen molar-refractivity contribution in [2.75, 3.05) is 32.6 Å². The fourth-order valence-electron chi connectivity index (χ4n) is 2.66. The van der Waals surface area contributed by atoms with Crippen LogP contribution in [0.5, 0.6) is 0 Å². The predicted octanol–water partition coefficient (Wildman–Crippen LogP) is 2.00. The number of benzene rings is 1. The van der Waals surface area contributed by atoms with Crippen molar-refractivity contribution in [2.45, 2.75) is 25.2 Å². The van der Waals surface area contributed by atoms with E-state index in [-0.39, 0.29) is 17.8 Å². The largest absolute Gasteiger partial charge is 0.469 e. The lowest BCUT2D eigenvalue weighted by molar-refractivity contribution is -0.141. The molecule has 0 fully saturated rings. The maximum Gasteiger partial charge on any atom is 0.305 e. The van der Waals surface area contributed by atoms with Crippen LogP contribution >= 0.6 is 0 Å². The summed E-state index contributed by atoms with van der Waals surface area (Å²) in [6, 6.07) is 7.94. The molecule has 1 aromatic carbocycles. The number of para-hydroxylation sites is 1. The first kappa shape index (κ1) is 15.4. The van der Waals surface area contributed by atoms with Crippen molar-refractivity contribution in [3.8, 4) is 0 Å². The Morgan fingerprint density at radius 1 is 1.38 bits per heavy atom. The van der Waals surface area contributed by atoms with E-state index >= 15 is 0 Å². The summed E-state index contributed by atoms with van der Waals surface area (Å²) >= 11 is 0. The topological polar surface area (TPSA) is 58.6 Å². The summed E-state index contributed by atoms with van der Waals surface area (Å²) in [5.74, 6) is -0.206. The van der Waals surface area contributed by atoms with Gasteiger partial charge in [0.15, 0.2) is 0 Å². The molecule has 0 aliphatic carbocycles. The Morgan fingerprint density at radius 2 is 2.14 bits per heavy atom. The summed E-state index contributed by atoms with van der Waals surface area (Å²) in [5, 5.41) is 3.32. The SMILES string of the molecule is COC(=O)CCCN(C)C(=O)C1CCNc2ccccc21. The number of rotatable bonds is 5. The molecule has 21 heavy (non-hydrogen) atoms. The summed E-state index contributed by atoms with van der Waals surface area (Å²) in [6.07, 6.45) is 1.77. The van der Waals surface area contributed by atoms with Gasteiger partial charge in [-0.1, -0.05) is 18.2 Å². The standard InChI is InChI=1S/C16H22N2O3/c1-18(11-5-8-15(19)21-2)16(20)13-9-10-17-14-7-4-3-6-12(13)14/h3-4,6-7,13,17H,5,8-11H2,1-2H3. The van der Waals surface area contributed by atoms with Crippen LogP contribution in [-0.2, 0) is 14.3 Å². The molecule has 1 heterocycles. The van der Waals surface area contributed by atoms with Gasteiger partial charge >= 0.3 is 5.97 Å². The number of methoxy groups -OCH3 is 1. The van der Waals surface area contributed by atoms with Crippen LogP contribution in [0.2, 0.25) is 0 Å². The molecule has 5 nitrogen and oxygen atoms in total. The van der Waals surface area contributed by atoms with E-state index in [1.165, 1.54) is 7.11 Å². The van der Waals surface area contributed by atoms with Crippen LogP contribution in [0.15, 0.2) is 24.3 Å². The molecule has 1 aromatic rings. The van der Waals surface area contributed by atoms with Crippen molar-refractivity contribution in [1.29, 1.82) is 0 Å². The van der Waals surface area contributed by atoms with E-state index in [1.807, 2.05) is 24.3 Å². The molecule has 0 radical (unpaired) electrons. The molecule has 1 atom stereocenters. The van der Waals surface area contributed by atoms with E-state index in [2.05, 4.69) is 10.1 Å². The minimum Gasteiger partial charge on any atom is -0.469 e. The maximum atomic E-state index is 12.6. The van der Waals surface area contributed by atoms with Crippen LogP contribution in [0.25, 0.3) is 0 Å². The highest BCUT2D eigenvalue weighted by molar-refractivity contribution is 5.86. The van der Waals surface area contributed by atoms with Crippen LogP contribution in [0.4, 0.5) is 5.69 Å². The molecule has 0 spiro atoms. The Morgan fingerprint density at radius 3 is 2.90 bits per heavy atom. The average Bonchev–Trinajstić information content (AvgIpc) is 2.53. The van der Waals surface area contributed by atoms with Gasteiger partial charge in [0.25, 0.3) is 0 Å². The van der Waals surface area contributed by atoms with Crippen molar-refractivity contribution < 1.29 is 14.3 Å². The molecule has 1 unspecified atom stereocenters. The van der Waals surface area contributed by atoms with Gasteiger partial charge in [0.2, 0.25) is 5.91 Å². The van der Waals surface area contributed by atoms with Crippen molar-refractivity contribution >= 4 is 17.6 Å². The zero-order valence-corrected chi connectivity index (χ0v) is 12.6. The molecule has 1 amide bonds. The van der Waals surface area contributed by atoms with E-state index in [9.17, 15) is 9.59 Å². The predicted molar refractivity (Wildman–Crippen MR) is 81.2 cm³/mol. The fourth-order valence-corrected chi connectivity index (χ4v) is 2.66. The van der Waals surface area contributed by atoms with Crippen LogP contribution < -0.4 is 5.32 Å². The molecule has 0 aromatic heterocycles. The van der Waals surface area contributed by atoms with Crippen molar-refractivity contribution in [3.05, 3.63) is 29.8 Å². The molecular weight excluding hydrogens is 268 g/mol. The molecule has 1 aliphatic rings. The first-order chi connectivity index (χ1) is 10.1. The molecule has 1 aliphatic heterocycles. The number of hydrogen-bond acceptors (Lipinski definition) is 4. The summed E-state index contributed by atoms with van der Waals surface area (Å²) < 4.78 is 4.60. The number of fused-ring (bicyclic) bond motifs is 1. The molecule has 114 valence electrons. The van der Waals surface area contributed by atoms with Gasteiger partial charge in [-0.2, -0.15) is 0 Å². The zero-order chi connectivity index (χ0) is 15.2. The van der Waals surface area contributed by atoms with Gasteiger partial charge in [-0.05, 0) is 24.5 Å². The Kier molecular flexibility index (Phi) is 5.20. The molecule has 1 N–H and O–H groups in total. The highest BCUT2D eigenvalue weighted by atomic mass is 16.5. The summed E-state index contributed by atoms with van der Waals surface area (Å²) in [6.45, 7) is 1.38. The summed E-state index contributed by atoms with van der Waals surface area (Å²) in [5.41, 5.74) is 2.11. The third-order valence-electron chi connectivity index (χ3n) is 3.86. The van der Waals surface area contributed by atoms with Gasteiger partial charge in [-0.25, -0.2) is 0 Å². The third-order valence-corrected chi connectivity index (χ3v) is 3.86. The summed E-state index contributed by atoms with van der Waals surface area (Å²) in [4.78, 5) is 25.4. The van der Waals surface area contributed by atoms with E-state index < -0.39 is 0 Å². The highest BCUT2D eigenvalue weighted by Gasteiger charge is 2.28. The number of nitrogens with one attached hydrogen (secondary N) is 1. The van der Waals surface area contributed by atoms with Crippen molar-refractivity contribution in [1.82, 2.24) is 4.90 Å². The van der Waals surface area contributed by atoms with Crippen LogP contribution in [0, 0.1) is 0 Å². The summed E-state index contributed by atoms with van der Waals surface area (Å²) in [7, 11) is 3.17. The zero-order valence-electron chi connectivity index (χ0n) is 12.6. The van der Waals surface area contributed by atoms with Gasteiger partial charge in [0, 0.05) is 32.2 Å². The van der Waals surface area contributed by atoms with E-state index in [0.29, 0.717) is 19.4 Å². The Hall–Kier alpha value is -2.04. The second-order valence-electron chi connectivity index (χ2n) is 5.29. The smallest absolute Gasteiger partial charge is 0.305 e. The second-order valence-corrected chi connectivity index (χ2v) is 5.29. The van der Waals surface area contributed by atoms with Gasteiger partial charge in [-0.3, -0.25) is 9.59 Å². The number of likely N-dealkylation sites (N-methyl/N-ethyl adjacent to an activating group) is 1. The van der Waals surface area contributed by atoms with Crippen LogP contribution in [-0.4, -0.2) is 44.0 Å². The fraction of sp³-hybridized carbons (Fsp3) is 0.500. The number of anilines is 1. The Labute approximate surface area is 125 Å². The lowest BCUT2D eigenvalue weighted by atomic mass is 9.90. The number of amides is 1. The lowest BCUT2D eigenvalue weighted by Crippen LogP contribution is -2.35. The van der Waals surface area contributed by atoms with Gasteiger partial charge in [0.05, 0.1) is 13.0 Å². The first-order valence-corrected chi connectivity index (χ1v) is 7.28. The van der Waals surface area contributed by atoms with Crippen molar-refractivity contribution in [3.63, 3.8) is 0 Å². The molecule has 0 bridgehead atoms. The minimum absolute atomic E-state index is 0.0921. The second kappa shape index (κ2) is 7.11. The van der Waals surface area contributed by atoms with Gasteiger partial charge < -0.3 is 15.0 Å². The third kappa shape index (κ3) is 3.74. The van der Waals surface area contributed by atoms with Gasteiger partial charge in [0.1, 0.15) is 0 Å². The highest BCUT2D eigenvalue weighted by Crippen LogP contribution is 2.32.